The molecule has 0 amide bonds. The van der Waals surface area contributed by atoms with Crippen molar-refractivity contribution in [2.45, 2.75) is 52.4 Å². The van der Waals surface area contributed by atoms with Crippen LogP contribution in [0.5, 0.6) is 0 Å². The Morgan fingerprint density at radius 1 is 1.38 bits per heavy atom. The first kappa shape index (κ1) is 13.5. The molecule has 1 atom stereocenters. The van der Waals surface area contributed by atoms with Crippen molar-refractivity contribution in [2.75, 3.05) is 19.7 Å². The lowest BCUT2D eigenvalue weighted by molar-refractivity contribution is -0.157. The van der Waals surface area contributed by atoms with Gasteiger partial charge in [-0.2, -0.15) is 0 Å². The highest BCUT2D eigenvalue weighted by molar-refractivity contribution is 5.77. The fourth-order valence-corrected chi connectivity index (χ4v) is 2.40. The van der Waals surface area contributed by atoms with Gasteiger partial charge in [0.1, 0.15) is 0 Å². The van der Waals surface area contributed by atoms with Gasteiger partial charge in [-0.1, -0.05) is 26.7 Å². The topological polar surface area (TPSA) is 38.3 Å². The number of nitrogens with one attached hydrogen (secondary N) is 1. The van der Waals surface area contributed by atoms with E-state index in [0.717, 1.165) is 51.6 Å². The van der Waals surface area contributed by atoms with Crippen molar-refractivity contribution in [3.8, 4) is 0 Å². The number of esters is 1. The summed E-state index contributed by atoms with van der Waals surface area (Å²) in [5.41, 5.74) is -0.235. The van der Waals surface area contributed by atoms with Gasteiger partial charge in [-0.25, -0.2) is 0 Å². The third kappa shape index (κ3) is 3.48. The van der Waals surface area contributed by atoms with Crippen LogP contribution in [0.15, 0.2) is 0 Å². The van der Waals surface area contributed by atoms with E-state index >= 15 is 0 Å². The molecule has 16 heavy (non-hydrogen) atoms. The number of hydrogen-bond acceptors (Lipinski definition) is 3. The third-order valence-electron chi connectivity index (χ3n) is 3.36. The number of carbonyl (C=O) groups is 1. The van der Waals surface area contributed by atoms with E-state index in [1.165, 1.54) is 0 Å². The van der Waals surface area contributed by atoms with Crippen LogP contribution in [0.4, 0.5) is 0 Å². The summed E-state index contributed by atoms with van der Waals surface area (Å²) in [5.74, 6) is 0.0231. The Morgan fingerprint density at radius 2 is 2.19 bits per heavy atom. The minimum absolute atomic E-state index is 0.0231. The van der Waals surface area contributed by atoms with Crippen molar-refractivity contribution in [1.82, 2.24) is 5.32 Å². The second-order valence-electron chi connectivity index (χ2n) is 4.80. The zero-order valence-electron chi connectivity index (χ0n) is 10.7. The maximum atomic E-state index is 12.1. The van der Waals surface area contributed by atoms with Crippen LogP contribution in [-0.2, 0) is 9.53 Å². The predicted octanol–water partition coefficient (Wildman–Crippen LogP) is 2.50. The Balaban J connectivity index is 2.50. The van der Waals surface area contributed by atoms with E-state index in [9.17, 15) is 4.79 Å². The molecule has 1 aliphatic rings. The summed E-state index contributed by atoms with van der Waals surface area (Å²) in [6.45, 7) is 6.66. The third-order valence-corrected chi connectivity index (χ3v) is 3.36. The lowest BCUT2D eigenvalue weighted by atomic mass is 9.77. The summed E-state index contributed by atoms with van der Waals surface area (Å²) in [5, 5.41) is 3.33. The van der Waals surface area contributed by atoms with E-state index in [1.54, 1.807) is 0 Å². The van der Waals surface area contributed by atoms with Gasteiger partial charge >= 0.3 is 5.97 Å². The number of piperidine rings is 1. The average Bonchev–Trinajstić information content (AvgIpc) is 2.31. The summed E-state index contributed by atoms with van der Waals surface area (Å²) in [6.07, 6.45) is 6.12. The van der Waals surface area contributed by atoms with Crippen LogP contribution in [0.1, 0.15) is 52.4 Å². The highest BCUT2D eigenvalue weighted by Gasteiger charge is 2.39. The zero-order chi connectivity index (χ0) is 11.9. The second-order valence-corrected chi connectivity index (χ2v) is 4.80. The van der Waals surface area contributed by atoms with Crippen molar-refractivity contribution in [2.24, 2.45) is 5.41 Å². The predicted molar refractivity (Wildman–Crippen MR) is 65.3 cm³/mol. The molecule has 3 heteroatoms. The van der Waals surface area contributed by atoms with Gasteiger partial charge in [-0.15, -0.1) is 0 Å². The summed E-state index contributed by atoms with van der Waals surface area (Å²) >= 11 is 0. The molecule has 1 heterocycles. The van der Waals surface area contributed by atoms with Crippen LogP contribution in [0, 0.1) is 5.41 Å². The first-order valence-corrected chi connectivity index (χ1v) is 6.63. The first-order valence-electron chi connectivity index (χ1n) is 6.63. The van der Waals surface area contributed by atoms with Gasteiger partial charge in [0, 0.05) is 6.54 Å². The zero-order valence-corrected chi connectivity index (χ0v) is 10.7. The Morgan fingerprint density at radius 3 is 2.75 bits per heavy atom. The number of ether oxygens (including phenoxy) is 1. The van der Waals surface area contributed by atoms with Gasteiger partial charge in [0.2, 0.25) is 0 Å². The quantitative estimate of drug-likeness (QED) is 0.559. The Bertz CT molecular complexity index is 204. The lowest BCUT2D eigenvalue weighted by Gasteiger charge is -2.35. The van der Waals surface area contributed by atoms with Crippen LogP contribution in [-0.4, -0.2) is 25.7 Å². The standard InChI is InChI=1S/C13H25NO2/c1-3-5-10-16-12(15)13(7-4-2)8-6-9-14-11-13/h14H,3-11H2,1-2H3. The van der Waals surface area contributed by atoms with E-state index in [-0.39, 0.29) is 11.4 Å². The SMILES string of the molecule is CCCCOC(=O)C1(CCC)CCCNC1. The van der Waals surface area contributed by atoms with Crippen LogP contribution < -0.4 is 5.32 Å². The van der Waals surface area contributed by atoms with E-state index in [1.807, 2.05) is 0 Å². The van der Waals surface area contributed by atoms with E-state index in [0.29, 0.717) is 6.61 Å². The molecule has 0 saturated carbocycles. The molecule has 0 aliphatic carbocycles. The molecule has 0 bridgehead atoms. The van der Waals surface area contributed by atoms with E-state index < -0.39 is 0 Å². The molecule has 94 valence electrons. The van der Waals surface area contributed by atoms with Crippen molar-refractivity contribution < 1.29 is 9.53 Å². The monoisotopic (exact) mass is 227 g/mol. The molecular formula is C13H25NO2. The largest absolute Gasteiger partial charge is 0.465 e. The van der Waals surface area contributed by atoms with E-state index in [4.69, 9.17) is 4.74 Å². The van der Waals surface area contributed by atoms with Gasteiger partial charge in [0.05, 0.1) is 12.0 Å². The molecule has 0 aromatic carbocycles. The summed E-state index contributed by atoms with van der Waals surface area (Å²) in [6, 6.07) is 0. The lowest BCUT2D eigenvalue weighted by Crippen LogP contribution is -2.46. The van der Waals surface area contributed by atoms with Gasteiger partial charge in [-0.05, 0) is 32.2 Å². The average molecular weight is 227 g/mol. The van der Waals surface area contributed by atoms with Gasteiger partial charge in [-0.3, -0.25) is 4.79 Å². The molecule has 1 rings (SSSR count). The molecule has 1 saturated heterocycles. The van der Waals surface area contributed by atoms with Crippen LogP contribution in [0.3, 0.4) is 0 Å². The van der Waals surface area contributed by atoms with Crippen molar-refractivity contribution in [1.29, 1.82) is 0 Å². The summed E-state index contributed by atoms with van der Waals surface area (Å²) in [7, 11) is 0. The van der Waals surface area contributed by atoms with Crippen molar-refractivity contribution in [3.63, 3.8) is 0 Å². The van der Waals surface area contributed by atoms with Crippen molar-refractivity contribution >= 4 is 5.97 Å². The molecule has 0 spiro atoms. The number of hydrogen-bond donors (Lipinski definition) is 1. The smallest absolute Gasteiger partial charge is 0.313 e. The highest BCUT2D eigenvalue weighted by Crippen LogP contribution is 2.33. The van der Waals surface area contributed by atoms with Gasteiger partial charge < -0.3 is 10.1 Å². The fourth-order valence-electron chi connectivity index (χ4n) is 2.40. The normalized spacial score (nSPS) is 25.4. The number of carbonyl (C=O) groups excluding carboxylic acids is 1. The minimum Gasteiger partial charge on any atom is -0.465 e. The van der Waals surface area contributed by atoms with Crippen LogP contribution in [0.2, 0.25) is 0 Å². The summed E-state index contributed by atoms with van der Waals surface area (Å²) in [4.78, 5) is 12.1. The van der Waals surface area contributed by atoms with Gasteiger partial charge in [0.15, 0.2) is 0 Å². The molecule has 1 N–H and O–H groups in total. The molecule has 0 aromatic heterocycles. The highest BCUT2D eigenvalue weighted by atomic mass is 16.5. The number of rotatable bonds is 6. The molecule has 1 unspecified atom stereocenters. The molecule has 0 aromatic rings. The van der Waals surface area contributed by atoms with Crippen LogP contribution >= 0.6 is 0 Å². The Hall–Kier alpha value is -0.570. The fraction of sp³-hybridized carbons (Fsp3) is 0.923. The molecule has 1 fully saturated rings. The second kappa shape index (κ2) is 6.89. The molecule has 1 aliphatic heterocycles. The Labute approximate surface area is 98.9 Å². The van der Waals surface area contributed by atoms with E-state index in [2.05, 4.69) is 19.2 Å². The van der Waals surface area contributed by atoms with Crippen LogP contribution in [0.25, 0.3) is 0 Å². The minimum atomic E-state index is -0.235. The maximum absolute atomic E-state index is 12.1. The first-order chi connectivity index (χ1) is 7.75. The molecular weight excluding hydrogens is 202 g/mol. The van der Waals surface area contributed by atoms with Gasteiger partial charge in [0.25, 0.3) is 0 Å². The Kier molecular flexibility index (Phi) is 5.81. The van der Waals surface area contributed by atoms with Crippen molar-refractivity contribution in [3.05, 3.63) is 0 Å². The maximum Gasteiger partial charge on any atom is 0.313 e. The number of unbranched alkanes of at least 4 members (excludes halogenated alkanes) is 1. The molecule has 3 nitrogen and oxygen atoms in total. The summed E-state index contributed by atoms with van der Waals surface area (Å²) < 4.78 is 5.40. The molecule has 0 radical (unpaired) electrons.